The average Bonchev–Trinajstić information content (AvgIpc) is 2.89. The van der Waals surface area contributed by atoms with Crippen LogP contribution in [0.1, 0.15) is 11.1 Å². The lowest BCUT2D eigenvalue weighted by molar-refractivity contribution is 0.214. The Morgan fingerprint density at radius 3 is 2.57 bits per heavy atom. The summed E-state index contributed by atoms with van der Waals surface area (Å²) >= 11 is 0. The van der Waals surface area contributed by atoms with Crippen LogP contribution >= 0.6 is 0 Å². The fraction of sp³-hybridized carbons (Fsp3) is 0.211. The summed E-state index contributed by atoms with van der Waals surface area (Å²) in [6.45, 7) is 1.39. The highest BCUT2D eigenvalue weighted by Crippen LogP contribution is 2.38. The van der Waals surface area contributed by atoms with Crippen LogP contribution in [-0.2, 0) is 4.84 Å². The topological polar surface area (TPSA) is 42.8 Å². The molecule has 4 heteroatoms. The predicted molar refractivity (Wildman–Crippen MR) is 93.1 cm³/mol. The molecule has 0 saturated heterocycles. The van der Waals surface area contributed by atoms with Crippen LogP contribution in [0.15, 0.2) is 59.8 Å². The van der Waals surface area contributed by atoms with Crippen molar-refractivity contribution < 1.29 is 9.57 Å². The molecule has 0 unspecified atom stereocenters. The van der Waals surface area contributed by atoms with Gasteiger partial charge in [-0.25, -0.2) is 0 Å². The van der Waals surface area contributed by atoms with Crippen molar-refractivity contribution in [2.45, 2.75) is 0 Å². The summed E-state index contributed by atoms with van der Waals surface area (Å²) in [5, 5.41) is 7.27. The smallest absolute Gasteiger partial charge is 0.120 e. The van der Waals surface area contributed by atoms with Gasteiger partial charge in [-0.15, -0.1) is 0 Å². The lowest BCUT2D eigenvalue weighted by Crippen LogP contribution is -2.05. The molecule has 0 radical (unpaired) electrons. The van der Waals surface area contributed by atoms with Gasteiger partial charge in [0.05, 0.1) is 0 Å². The number of hydrogen-bond acceptors (Lipinski definition) is 4. The minimum absolute atomic E-state index is 0.546. The first kappa shape index (κ1) is 15.3. The Morgan fingerprint density at radius 2 is 1.78 bits per heavy atom. The van der Waals surface area contributed by atoms with Gasteiger partial charge in [0.1, 0.15) is 25.2 Å². The first-order valence-corrected chi connectivity index (χ1v) is 7.63. The van der Waals surface area contributed by atoms with Crippen molar-refractivity contribution in [3.05, 3.63) is 65.7 Å². The molecule has 2 aromatic carbocycles. The zero-order chi connectivity index (χ0) is 16.1. The number of likely N-dealkylation sites (N-methyl/N-ethyl adjacent to an activating group) is 1. The van der Waals surface area contributed by atoms with Gasteiger partial charge in [-0.05, 0) is 36.4 Å². The van der Waals surface area contributed by atoms with E-state index in [9.17, 15) is 0 Å². The van der Waals surface area contributed by atoms with Crippen molar-refractivity contribution in [3.8, 4) is 16.9 Å². The van der Waals surface area contributed by atoms with Gasteiger partial charge in [-0.3, -0.25) is 0 Å². The molecular formula is C19H20N2O2. The van der Waals surface area contributed by atoms with Gasteiger partial charge in [0.25, 0.3) is 0 Å². The maximum absolute atomic E-state index is 5.79. The van der Waals surface area contributed by atoms with Gasteiger partial charge >= 0.3 is 0 Å². The van der Waals surface area contributed by atoms with Crippen LogP contribution in [0.25, 0.3) is 11.1 Å². The summed E-state index contributed by atoms with van der Waals surface area (Å²) in [7, 11) is 3.49. The zero-order valence-electron chi connectivity index (χ0n) is 13.4. The minimum atomic E-state index is 0.546. The lowest BCUT2D eigenvalue weighted by atomic mass is 10.1. The normalized spacial score (nSPS) is 14.1. The molecule has 1 aliphatic rings. The predicted octanol–water partition coefficient (Wildman–Crippen LogP) is 3.22. The van der Waals surface area contributed by atoms with Gasteiger partial charge in [-0.2, -0.15) is 0 Å². The molecule has 0 heterocycles. The van der Waals surface area contributed by atoms with E-state index in [2.05, 4.69) is 28.7 Å². The van der Waals surface area contributed by atoms with Gasteiger partial charge in [-0.1, -0.05) is 41.6 Å². The van der Waals surface area contributed by atoms with Crippen LogP contribution in [0.2, 0.25) is 0 Å². The van der Waals surface area contributed by atoms with Crippen LogP contribution in [0.3, 0.4) is 0 Å². The molecule has 23 heavy (non-hydrogen) atoms. The first-order chi connectivity index (χ1) is 11.3. The Balaban J connectivity index is 1.87. The Hall–Kier alpha value is -2.59. The monoisotopic (exact) mass is 308 g/mol. The maximum atomic E-state index is 5.79. The molecule has 3 rings (SSSR count). The molecule has 0 aromatic heterocycles. The molecule has 0 amide bonds. The standard InChI is InChI=1S/C19H20N2O2/c1-20-11-5-6-12-23-14-9-10-16-15-7-3-4-8-17(15)19(21-22-2)18(16)13-14/h3-10,13,20H,11-12H2,1-2H3/b6-5+,21-19+. The Bertz CT molecular complexity index is 751. The third-order valence-corrected chi connectivity index (χ3v) is 3.74. The van der Waals surface area contributed by atoms with Gasteiger partial charge in [0, 0.05) is 17.7 Å². The highest BCUT2D eigenvalue weighted by molar-refractivity contribution is 6.24. The Kier molecular flexibility index (Phi) is 4.74. The summed E-state index contributed by atoms with van der Waals surface area (Å²) in [6, 6.07) is 14.3. The Labute approximate surface area is 136 Å². The second-order valence-electron chi connectivity index (χ2n) is 5.22. The molecular weight excluding hydrogens is 288 g/mol. The van der Waals surface area contributed by atoms with E-state index in [0.29, 0.717) is 6.61 Å². The molecule has 0 aliphatic heterocycles. The SMILES string of the molecule is CNC/C=C/COc1ccc2c(c1)/C(=N/OC)c1ccccc1-2. The second kappa shape index (κ2) is 7.11. The highest BCUT2D eigenvalue weighted by Gasteiger charge is 2.25. The summed E-state index contributed by atoms with van der Waals surface area (Å²) in [6.07, 6.45) is 4.05. The number of hydrogen-bond donors (Lipinski definition) is 1. The van der Waals surface area contributed by atoms with Gasteiger partial charge < -0.3 is 14.9 Å². The van der Waals surface area contributed by atoms with Crippen LogP contribution in [0, 0.1) is 0 Å². The van der Waals surface area contributed by atoms with E-state index in [1.807, 2.05) is 43.5 Å². The van der Waals surface area contributed by atoms with Crippen molar-refractivity contribution >= 4 is 5.71 Å². The molecule has 1 aliphatic carbocycles. The fourth-order valence-corrected chi connectivity index (χ4v) is 2.72. The van der Waals surface area contributed by atoms with Crippen LogP contribution in [0.4, 0.5) is 0 Å². The van der Waals surface area contributed by atoms with E-state index in [4.69, 9.17) is 9.57 Å². The van der Waals surface area contributed by atoms with Gasteiger partial charge in [0.2, 0.25) is 0 Å². The third kappa shape index (κ3) is 3.12. The molecule has 0 fully saturated rings. The quantitative estimate of drug-likeness (QED) is 0.561. The molecule has 118 valence electrons. The third-order valence-electron chi connectivity index (χ3n) is 3.74. The Morgan fingerprint density at radius 1 is 1.00 bits per heavy atom. The van der Waals surface area contributed by atoms with Gasteiger partial charge in [0.15, 0.2) is 0 Å². The average molecular weight is 308 g/mol. The number of fused-ring (bicyclic) bond motifs is 3. The number of nitrogens with zero attached hydrogens (tertiary/aromatic N) is 1. The van der Waals surface area contributed by atoms with Crippen molar-refractivity contribution in [1.82, 2.24) is 5.32 Å². The number of oxime groups is 1. The maximum Gasteiger partial charge on any atom is 0.120 e. The van der Waals surface area contributed by atoms with E-state index in [1.165, 1.54) is 5.56 Å². The summed E-state index contributed by atoms with van der Waals surface area (Å²) in [5.74, 6) is 0.828. The summed E-state index contributed by atoms with van der Waals surface area (Å²) in [4.78, 5) is 5.03. The van der Waals surface area contributed by atoms with Crippen molar-refractivity contribution in [3.63, 3.8) is 0 Å². The summed E-state index contributed by atoms with van der Waals surface area (Å²) < 4.78 is 5.79. The molecule has 0 bridgehead atoms. The highest BCUT2D eigenvalue weighted by atomic mass is 16.6. The molecule has 4 nitrogen and oxygen atoms in total. The second-order valence-corrected chi connectivity index (χ2v) is 5.22. The van der Waals surface area contributed by atoms with E-state index >= 15 is 0 Å². The van der Waals surface area contributed by atoms with Crippen molar-refractivity contribution in [2.75, 3.05) is 27.3 Å². The number of rotatable bonds is 6. The minimum Gasteiger partial charge on any atom is -0.490 e. The first-order valence-electron chi connectivity index (χ1n) is 7.63. The van der Waals surface area contributed by atoms with Crippen LogP contribution in [0.5, 0.6) is 5.75 Å². The fourth-order valence-electron chi connectivity index (χ4n) is 2.72. The molecule has 1 N–H and O–H groups in total. The van der Waals surface area contributed by atoms with Crippen LogP contribution < -0.4 is 10.1 Å². The molecule has 0 atom stereocenters. The summed E-state index contributed by atoms with van der Waals surface area (Å²) in [5.41, 5.74) is 5.34. The van der Waals surface area contributed by atoms with E-state index in [0.717, 1.165) is 34.7 Å². The number of nitrogens with one attached hydrogen (secondary N) is 1. The van der Waals surface area contributed by atoms with E-state index in [1.54, 1.807) is 7.11 Å². The largest absolute Gasteiger partial charge is 0.490 e. The molecule has 2 aromatic rings. The molecule has 0 spiro atoms. The van der Waals surface area contributed by atoms with Crippen molar-refractivity contribution in [2.24, 2.45) is 5.16 Å². The molecule has 0 saturated carbocycles. The lowest BCUT2D eigenvalue weighted by Gasteiger charge is -2.06. The van der Waals surface area contributed by atoms with E-state index < -0.39 is 0 Å². The number of ether oxygens (including phenoxy) is 1. The number of benzene rings is 2. The van der Waals surface area contributed by atoms with Crippen LogP contribution in [-0.4, -0.2) is 33.0 Å². The zero-order valence-corrected chi connectivity index (χ0v) is 13.4. The van der Waals surface area contributed by atoms with Crippen molar-refractivity contribution in [1.29, 1.82) is 0 Å². The van der Waals surface area contributed by atoms with E-state index in [-0.39, 0.29) is 0 Å².